The van der Waals surface area contributed by atoms with E-state index in [1.165, 1.54) is 65.3 Å². The molecule has 1 atom stereocenters. The number of aromatic nitrogens is 5. The number of methoxy groups -OCH3 is 1. The Hall–Kier alpha value is -4.35. The van der Waals surface area contributed by atoms with Crippen LogP contribution in [0.1, 0.15) is 37.4 Å². The first-order valence-corrected chi connectivity index (χ1v) is 13.2. The summed E-state index contributed by atoms with van der Waals surface area (Å²) >= 11 is 1.21. The van der Waals surface area contributed by atoms with Crippen molar-refractivity contribution in [1.29, 1.82) is 5.26 Å². The molecule has 0 spiro atoms. The molecular weight excluding hydrogens is 541 g/mol. The van der Waals surface area contributed by atoms with Crippen molar-refractivity contribution in [3.05, 3.63) is 68.4 Å². The smallest absolute Gasteiger partial charge is 0.332 e. The van der Waals surface area contributed by atoms with Crippen molar-refractivity contribution in [2.24, 2.45) is 0 Å². The molecule has 3 heterocycles. The van der Waals surface area contributed by atoms with Gasteiger partial charge in [0.1, 0.15) is 27.4 Å². The lowest BCUT2D eigenvalue weighted by Crippen LogP contribution is -2.46. The number of carbonyl (C=O) groups is 1. The highest BCUT2D eigenvalue weighted by Gasteiger charge is 2.26. The van der Waals surface area contributed by atoms with Gasteiger partial charge in [0.15, 0.2) is 0 Å². The van der Waals surface area contributed by atoms with Gasteiger partial charge in [-0.1, -0.05) is 11.3 Å². The number of halogens is 1. The number of ether oxygens (including phenoxy) is 1. The first-order chi connectivity index (χ1) is 19.2. The molecule has 12 nitrogen and oxygen atoms in total. The Morgan fingerprint density at radius 1 is 1.30 bits per heavy atom. The topological polar surface area (TPSA) is 157 Å². The third kappa shape index (κ3) is 6.27. The zero-order valence-electron chi connectivity index (χ0n) is 22.5. The lowest BCUT2D eigenvalue weighted by atomic mass is 10.1. The number of likely N-dealkylation sites (N-methyl/N-ethyl adjacent to an activating group) is 1. The van der Waals surface area contributed by atoms with Crippen LogP contribution in [-0.4, -0.2) is 55.4 Å². The molecule has 0 aliphatic rings. The van der Waals surface area contributed by atoms with Gasteiger partial charge in [-0.25, -0.2) is 13.8 Å². The molecule has 2 N–H and O–H groups in total. The molecule has 4 rings (SSSR count). The highest BCUT2D eigenvalue weighted by Crippen LogP contribution is 2.31. The molecular formula is C26H30FN7O5S. The average molecular weight is 572 g/mol. The first kappa shape index (κ1) is 30.2. The summed E-state index contributed by atoms with van der Waals surface area (Å²) in [7, 11) is 1.49. The molecule has 0 aliphatic heterocycles. The maximum atomic E-state index is 13.9. The number of rotatable bonds is 9. The number of aliphatic hydroxyl groups is 1. The van der Waals surface area contributed by atoms with Crippen LogP contribution in [0.4, 0.5) is 4.39 Å². The number of carbonyl (C=O) groups excluding carboxylic acids is 1. The second-order valence-corrected chi connectivity index (χ2v) is 9.53. The van der Waals surface area contributed by atoms with E-state index in [0.717, 1.165) is 4.57 Å². The van der Waals surface area contributed by atoms with Crippen LogP contribution in [0, 0.1) is 24.1 Å². The fourth-order valence-corrected chi connectivity index (χ4v) is 5.30. The minimum Gasteiger partial charge on any atom is -0.496 e. The molecule has 4 aromatic rings. The molecule has 0 aliphatic carbocycles. The molecule has 0 saturated heterocycles. The van der Waals surface area contributed by atoms with E-state index in [4.69, 9.17) is 15.1 Å². The minimum atomic E-state index is -1.03. The summed E-state index contributed by atoms with van der Waals surface area (Å²) in [6.45, 7) is 5.50. The van der Waals surface area contributed by atoms with Gasteiger partial charge < -0.3 is 15.2 Å². The molecule has 40 heavy (non-hydrogen) atoms. The number of hydrogen-bond donors (Lipinski definition) is 2. The lowest BCUT2D eigenvalue weighted by molar-refractivity contribution is -0.123. The van der Waals surface area contributed by atoms with Gasteiger partial charge in [-0.2, -0.15) is 15.5 Å². The van der Waals surface area contributed by atoms with E-state index < -0.39 is 29.0 Å². The Morgan fingerprint density at radius 2 is 2.00 bits per heavy atom. The SMILES string of the molecule is CCNC(=O)C(C)n1c(=O)c2c(C)c(-n3nccn3)sc2n(CCc2cc(F)ccc2OC)c1=O.N#CCCO. The number of nitrogens with zero attached hydrogens (tertiary/aromatic N) is 6. The maximum absolute atomic E-state index is 13.9. The van der Waals surface area contributed by atoms with E-state index in [1.807, 2.05) is 0 Å². The highest BCUT2D eigenvalue weighted by atomic mass is 32.1. The second-order valence-electron chi connectivity index (χ2n) is 8.55. The number of aryl methyl sites for hydroxylation is 3. The molecule has 1 unspecified atom stereocenters. The van der Waals surface area contributed by atoms with Gasteiger partial charge in [0.25, 0.3) is 5.56 Å². The summed E-state index contributed by atoms with van der Waals surface area (Å²) in [6.07, 6.45) is 3.54. The molecule has 1 aromatic carbocycles. The van der Waals surface area contributed by atoms with Crippen LogP contribution in [0.2, 0.25) is 0 Å². The molecule has 0 saturated carbocycles. The Kier molecular flexibility index (Phi) is 10.3. The zero-order chi connectivity index (χ0) is 29.4. The zero-order valence-corrected chi connectivity index (χ0v) is 23.4. The number of amides is 1. The molecule has 0 bridgehead atoms. The molecule has 1 amide bonds. The number of aliphatic hydroxyl groups excluding tert-OH is 1. The Bertz CT molecular complexity index is 1640. The van der Waals surface area contributed by atoms with Crippen LogP contribution >= 0.6 is 11.3 Å². The number of nitriles is 1. The quantitative estimate of drug-likeness (QED) is 0.309. The maximum Gasteiger partial charge on any atom is 0.332 e. The fourth-order valence-electron chi connectivity index (χ4n) is 4.07. The predicted molar refractivity (Wildman–Crippen MR) is 147 cm³/mol. The summed E-state index contributed by atoms with van der Waals surface area (Å²) in [5.74, 6) is -0.373. The van der Waals surface area contributed by atoms with E-state index in [-0.39, 0.29) is 26.0 Å². The van der Waals surface area contributed by atoms with Gasteiger partial charge in [0, 0.05) is 18.7 Å². The molecule has 3 aromatic heterocycles. The third-order valence-electron chi connectivity index (χ3n) is 6.01. The van der Waals surface area contributed by atoms with Gasteiger partial charge in [-0.3, -0.25) is 14.2 Å². The van der Waals surface area contributed by atoms with Crippen LogP contribution in [-0.2, 0) is 17.8 Å². The van der Waals surface area contributed by atoms with Crippen molar-refractivity contribution in [2.45, 2.75) is 46.2 Å². The first-order valence-electron chi connectivity index (χ1n) is 12.4. The number of fused-ring (bicyclic) bond motifs is 1. The van der Waals surface area contributed by atoms with Crippen molar-refractivity contribution < 1.29 is 19.0 Å². The van der Waals surface area contributed by atoms with Crippen molar-refractivity contribution in [2.75, 3.05) is 20.3 Å². The van der Waals surface area contributed by atoms with Crippen molar-refractivity contribution >= 4 is 27.5 Å². The predicted octanol–water partition coefficient (Wildman–Crippen LogP) is 2.09. The van der Waals surface area contributed by atoms with Crippen LogP contribution < -0.4 is 21.3 Å². The van der Waals surface area contributed by atoms with E-state index in [2.05, 4.69) is 15.5 Å². The third-order valence-corrected chi connectivity index (χ3v) is 7.29. The van der Waals surface area contributed by atoms with Crippen LogP contribution in [0.25, 0.3) is 15.2 Å². The molecule has 14 heteroatoms. The van der Waals surface area contributed by atoms with E-state index in [1.54, 1.807) is 19.9 Å². The number of benzene rings is 1. The number of hydrogen-bond acceptors (Lipinski definition) is 9. The van der Waals surface area contributed by atoms with Gasteiger partial charge in [-0.15, -0.1) is 4.80 Å². The molecule has 212 valence electrons. The largest absolute Gasteiger partial charge is 0.496 e. The van der Waals surface area contributed by atoms with E-state index in [0.29, 0.717) is 38.6 Å². The summed E-state index contributed by atoms with van der Waals surface area (Å²) < 4.78 is 21.7. The lowest BCUT2D eigenvalue weighted by Gasteiger charge is -2.17. The van der Waals surface area contributed by atoms with Crippen LogP contribution in [0.15, 0.2) is 40.2 Å². The Morgan fingerprint density at radius 3 is 2.58 bits per heavy atom. The van der Waals surface area contributed by atoms with Crippen molar-refractivity contribution in [3.63, 3.8) is 0 Å². The summed E-state index contributed by atoms with van der Waals surface area (Å²) in [6, 6.07) is 4.92. The van der Waals surface area contributed by atoms with Crippen LogP contribution in [0.3, 0.4) is 0 Å². The number of nitrogens with one attached hydrogen (secondary N) is 1. The minimum absolute atomic E-state index is 0.0174. The standard InChI is InChI=1S/C23H25FN6O4S.C3H5NO/c1-5-25-19(31)14(3)29-20(32)18-13(2)21(30-26-9-10-27-30)35-22(18)28(23(29)33)11-8-15-12-16(24)6-7-17(15)34-4;4-2-1-3-5/h6-7,9-10,12,14H,5,8,11H2,1-4H3,(H,25,31);5H,1,3H2. The second kappa shape index (κ2) is 13.6. The number of thiophene rings is 1. The summed E-state index contributed by atoms with van der Waals surface area (Å²) in [5.41, 5.74) is -0.0159. The highest BCUT2D eigenvalue weighted by molar-refractivity contribution is 7.21. The average Bonchev–Trinajstić information content (AvgIpc) is 3.58. The van der Waals surface area contributed by atoms with Gasteiger partial charge in [0.2, 0.25) is 5.91 Å². The van der Waals surface area contributed by atoms with E-state index >= 15 is 0 Å². The fraction of sp³-hybridized carbons (Fsp3) is 0.385. The molecule has 0 radical (unpaired) electrons. The monoisotopic (exact) mass is 571 g/mol. The summed E-state index contributed by atoms with van der Waals surface area (Å²) in [5, 5.41) is 27.4. The van der Waals surface area contributed by atoms with Crippen LogP contribution in [0.5, 0.6) is 5.75 Å². The van der Waals surface area contributed by atoms with Gasteiger partial charge in [0.05, 0.1) is 44.0 Å². The van der Waals surface area contributed by atoms with Crippen molar-refractivity contribution in [3.8, 4) is 16.8 Å². The normalized spacial score (nSPS) is 11.4. The Labute approximate surface area is 232 Å². The van der Waals surface area contributed by atoms with Gasteiger partial charge in [-0.05, 0) is 51.0 Å². The van der Waals surface area contributed by atoms with Gasteiger partial charge >= 0.3 is 5.69 Å². The van der Waals surface area contributed by atoms with E-state index in [9.17, 15) is 18.8 Å². The Balaban J connectivity index is 0.000000810. The molecule has 0 fully saturated rings. The van der Waals surface area contributed by atoms with Crippen molar-refractivity contribution in [1.82, 2.24) is 29.4 Å². The summed E-state index contributed by atoms with van der Waals surface area (Å²) in [4.78, 5) is 41.5.